The maximum absolute atomic E-state index is 5.59. The van der Waals surface area contributed by atoms with E-state index in [4.69, 9.17) is 5.73 Å². The van der Waals surface area contributed by atoms with Gasteiger partial charge in [0.2, 0.25) is 0 Å². The molecule has 0 saturated carbocycles. The SMILES string of the molecule is C[C@H](c1ccccn1)n1cc(N)cn1. The molecule has 2 heterocycles. The molecule has 0 fully saturated rings. The number of rotatable bonds is 2. The monoisotopic (exact) mass is 188 g/mol. The third-order valence-electron chi connectivity index (χ3n) is 2.13. The predicted octanol–water partition coefficient (Wildman–Crippen LogP) is 1.47. The Bertz CT molecular complexity index is 407. The molecule has 0 unspecified atom stereocenters. The predicted molar refractivity (Wildman–Crippen MR) is 54.7 cm³/mol. The molecular formula is C10H12N4. The van der Waals surface area contributed by atoms with Gasteiger partial charge in [0.15, 0.2) is 0 Å². The van der Waals surface area contributed by atoms with Crippen molar-refractivity contribution in [1.29, 1.82) is 0 Å². The molecule has 0 bridgehead atoms. The summed E-state index contributed by atoms with van der Waals surface area (Å²) in [4.78, 5) is 4.26. The van der Waals surface area contributed by atoms with Crippen LogP contribution in [0.5, 0.6) is 0 Å². The molecule has 2 aromatic rings. The van der Waals surface area contributed by atoms with E-state index in [0.717, 1.165) is 5.69 Å². The van der Waals surface area contributed by atoms with E-state index in [1.54, 1.807) is 23.3 Å². The number of aromatic nitrogens is 3. The zero-order valence-electron chi connectivity index (χ0n) is 7.96. The van der Waals surface area contributed by atoms with Gasteiger partial charge in [0.05, 0.1) is 23.6 Å². The van der Waals surface area contributed by atoms with Gasteiger partial charge in [-0.2, -0.15) is 5.10 Å². The van der Waals surface area contributed by atoms with Crippen LogP contribution in [0.1, 0.15) is 18.7 Å². The zero-order valence-corrected chi connectivity index (χ0v) is 7.96. The smallest absolute Gasteiger partial charge is 0.0911 e. The standard InChI is InChI=1S/C10H12N4/c1-8(10-4-2-3-5-12-10)14-7-9(11)6-13-14/h2-8H,11H2,1H3/t8-/m1/s1. The molecule has 72 valence electrons. The van der Waals surface area contributed by atoms with Crippen molar-refractivity contribution in [2.75, 3.05) is 5.73 Å². The number of pyridine rings is 1. The van der Waals surface area contributed by atoms with Crippen LogP contribution < -0.4 is 5.73 Å². The van der Waals surface area contributed by atoms with E-state index in [1.165, 1.54) is 0 Å². The van der Waals surface area contributed by atoms with Crippen LogP contribution in [0, 0.1) is 0 Å². The Morgan fingerprint density at radius 3 is 2.86 bits per heavy atom. The molecule has 0 aliphatic rings. The van der Waals surface area contributed by atoms with Crippen LogP contribution in [0.2, 0.25) is 0 Å². The normalized spacial score (nSPS) is 12.6. The second kappa shape index (κ2) is 3.49. The molecule has 0 aliphatic heterocycles. The number of nitrogen functional groups attached to an aromatic ring is 1. The first-order chi connectivity index (χ1) is 6.77. The van der Waals surface area contributed by atoms with E-state index in [0.29, 0.717) is 5.69 Å². The first-order valence-corrected chi connectivity index (χ1v) is 4.48. The van der Waals surface area contributed by atoms with Crippen LogP contribution in [0.25, 0.3) is 0 Å². The minimum atomic E-state index is 0.119. The number of anilines is 1. The summed E-state index contributed by atoms with van der Waals surface area (Å²) in [5.41, 5.74) is 7.25. The fourth-order valence-electron chi connectivity index (χ4n) is 1.32. The summed E-state index contributed by atoms with van der Waals surface area (Å²) in [7, 11) is 0. The lowest BCUT2D eigenvalue weighted by Gasteiger charge is -2.10. The minimum absolute atomic E-state index is 0.119. The van der Waals surface area contributed by atoms with Gasteiger partial charge in [0.1, 0.15) is 0 Å². The van der Waals surface area contributed by atoms with Crippen LogP contribution >= 0.6 is 0 Å². The molecule has 4 nitrogen and oxygen atoms in total. The molecule has 0 aliphatic carbocycles. The molecule has 0 spiro atoms. The lowest BCUT2D eigenvalue weighted by atomic mass is 10.2. The highest BCUT2D eigenvalue weighted by atomic mass is 15.3. The maximum atomic E-state index is 5.59. The van der Waals surface area contributed by atoms with Gasteiger partial charge in [0, 0.05) is 12.4 Å². The number of nitrogens with two attached hydrogens (primary N) is 1. The molecule has 0 aromatic carbocycles. The van der Waals surface area contributed by atoms with Crippen molar-refractivity contribution in [2.24, 2.45) is 0 Å². The Balaban J connectivity index is 2.29. The van der Waals surface area contributed by atoms with Gasteiger partial charge in [-0.1, -0.05) is 6.07 Å². The Hall–Kier alpha value is -1.84. The molecule has 0 radical (unpaired) electrons. The van der Waals surface area contributed by atoms with Gasteiger partial charge in [0.25, 0.3) is 0 Å². The van der Waals surface area contributed by atoms with Gasteiger partial charge in [-0.15, -0.1) is 0 Å². The van der Waals surface area contributed by atoms with Crippen molar-refractivity contribution in [3.8, 4) is 0 Å². The average molecular weight is 188 g/mol. The second-order valence-corrected chi connectivity index (χ2v) is 3.18. The van der Waals surface area contributed by atoms with E-state index < -0.39 is 0 Å². The van der Waals surface area contributed by atoms with Crippen LogP contribution in [-0.2, 0) is 0 Å². The highest BCUT2D eigenvalue weighted by Gasteiger charge is 2.08. The Morgan fingerprint density at radius 1 is 1.43 bits per heavy atom. The molecule has 2 N–H and O–H groups in total. The summed E-state index contributed by atoms with van der Waals surface area (Å²) in [6.07, 6.45) is 5.22. The quantitative estimate of drug-likeness (QED) is 0.776. The number of nitrogens with zero attached hydrogens (tertiary/aromatic N) is 3. The largest absolute Gasteiger partial charge is 0.396 e. The minimum Gasteiger partial charge on any atom is -0.396 e. The summed E-state index contributed by atoms with van der Waals surface area (Å²) in [5.74, 6) is 0. The maximum Gasteiger partial charge on any atom is 0.0911 e. The Labute approximate surface area is 82.4 Å². The summed E-state index contributed by atoms with van der Waals surface area (Å²) < 4.78 is 1.80. The third kappa shape index (κ3) is 1.59. The summed E-state index contributed by atoms with van der Waals surface area (Å²) in [6.45, 7) is 2.04. The lowest BCUT2D eigenvalue weighted by Crippen LogP contribution is -2.08. The highest BCUT2D eigenvalue weighted by molar-refractivity contribution is 5.31. The molecule has 0 amide bonds. The molecule has 4 heteroatoms. The molecule has 14 heavy (non-hydrogen) atoms. The van der Waals surface area contributed by atoms with E-state index in [2.05, 4.69) is 10.1 Å². The first kappa shape index (κ1) is 8.74. The van der Waals surface area contributed by atoms with Crippen LogP contribution in [0.15, 0.2) is 36.8 Å². The van der Waals surface area contributed by atoms with Crippen molar-refractivity contribution >= 4 is 5.69 Å². The topological polar surface area (TPSA) is 56.7 Å². The molecular weight excluding hydrogens is 176 g/mol. The second-order valence-electron chi connectivity index (χ2n) is 3.18. The van der Waals surface area contributed by atoms with Crippen LogP contribution in [0.3, 0.4) is 0 Å². The van der Waals surface area contributed by atoms with E-state index >= 15 is 0 Å². The first-order valence-electron chi connectivity index (χ1n) is 4.48. The van der Waals surface area contributed by atoms with Crippen molar-refractivity contribution in [3.63, 3.8) is 0 Å². The lowest BCUT2D eigenvalue weighted by molar-refractivity contribution is 0.551. The van der Waals surface area contributed by atoms with Crippen molar-refractivity contribution < 1.29 is 0 Å². The van der Waals surface area contributed by atoms with Gasteiger partial charge in [-0.05, 0) is 19.1 Å². The van der Waals surface area contributed by atoms with Gasteiger partial charge in [-0.25, -0.2) is 0 Å². The fraction of sp³-hybridized carbons (Fsp3) is 0.200. The molecule has 1 atom stereocenters. The van der Waals surface area contributed by atoms with Gasteiger partial charge < -0.3 is 5.73 Å². The molecule has 0 saturated heterocycles. The molecule has 2 aromatic heterocycles. The average Bonchev–Trinajstić information content (AvgIpc) is 2.65. The summed E-state index contributed by atoms with van der Waals surface area (Å²) >= 11 is 0. The summed E-state index contributed by atoms with van der Waals surface area (Å²) in [5, 5.41) is 4.14. The van der Waals surface area contributed by atoms with E-state index in [1.807, 2.05) is 25.1 Å². The highest BCUT2D eigenvalue weighted by Crippen LogP contribution is 2.14. The van der Waals surface area contributed by atoms with Crippen molar-refractivity contribution in [2.45, 2.75) is 13.0 Å². The molecule has 2 rings (SSSR count). The van der Waals surface area contributed by atoms with E-state index in [-0.39, 0.29) is 6.04 Å². The number of hydrogen-bond donors (Lipinski definition) is 1. The third-order valence-corrected chi connectivity index (χ3v) is 2.13. The van der Waals surface area contributed by atoms with Gasteiger partial charge in [-0.3, -0.25) is 9.67 Å². The van der Waals surface area contributed by atoms with Crippen LogP contribution in [-0.4, -0.2) is 14.8 Å². The van der Waals surface area contributed by atoms with Crippen molar-refractivity contribution in [1.82, 2.24) is 14.8 Å². The van der Waals surface area contributed by atoms with Crippen molar-refractivity contribution in [3.05, 3.63) is 42.5 Å². The van der Waals surface area contributed by atoms with E-state index in [9.17, 15) is 0 Å². The van der Waals surface area contributed by atoms with Crippen LogP contribution in [0.4, 0.5) is 5.69 Å². The van der Waals surface area contributed by atoms with Gasteiger partial charge >= 0.3 is 0 Å². The fourth-order valence-corrected chi connectivity index (χ4v) is 1.32. The Morgan fingerprint density at radius 2 is 2.29 bits per heavy atom. The summed E-state index contributed by atoms with van der Waals surface area (Å²) in [6, 6.07) is 5.95. The number of hydrogen-bond acceptors (Lipinski definition) is 3. The zero-order chi connectivity index (χ0) is 9.97. The Kier molecular flexibility index (Phi) is 2.18.